The maximum Gasteiger partial charge on any atom is 0.255 e. The molecule has 0 saturated carbocycles. The smallest absolute Gasteiger partial charge is 0.255 e. The zero-order chi connectivity index (χ0) is 15.2. The lowest BCUT2D eigenvalue weighted by molar-refractivity contribution is 0.0964. The third kappa shape index (κ3) is 3.67. The van der Waals surface area contributed by atoms with E-state index in [1.165, 1.54) is 0 Å². The normalized spacial score (nSPS) is 13.7. The molecule has 3 rings (SSSR count). The van der Waals surface area contributed by atoms with Gasteiger partial charge >= 0.3 is 0 Å². The molecule has 1 aliphatic rings. The summed E-state index contributed by atoms with van der Waals surface area (Å²) in [6.07, 6.45) is 3.80. The Balaban J connectivity index is 1.63. The Morgan fingerprint density at radius 3 is 2.41 bits per heavy atom. The molecule has 1 heterocycles. The number of ether oxygens (including phenoxy) is 1. The van der Waals surface area contributed by atoms with Crippen LogP contribution in [0.2, 0.25) is 0 Å². The minimum Gasteiger partial charge on any atom is -0.457 e. The number of carbonyl (C=O) groups excluding carboxylic acids is 1. The summed E-state index contributed by atoms with van der Waals surface area (Å²) >= 11 is 0. The van der Waals surface area contributed by atoms with Gasteiger partial charge in [-0.05, 0) is 49.2 Å². The molecule has 0 fully saturated rings. The van der Waals surface area contributed by atoms with Crippen molar-refractivity contribution < 1.29 is 9.53 Å². The van der Waals surface area contributed by atoms with Crippen LogP contribution in [0.3, 0.4) is 0 Å². The first kappa shape index (κ1) is 14.2. The van der Waals surface area contributed by atoms with E-state index < -0.39 is 0 Å². The summed E-state index contributed by atoms with van der Waals surface area (Å²) in [5.41, 5.74) is 1.55. The van der Waals surface area contributed by atoms with Gasteiger partial charge < -0.3 is 15.4 Å². The van der Waals surface area contributed by atoms with Gasteiger partial charge in [0.05, 0.1) is 0 Å². The molecule has 2 aromatic rings. The van der Waals surface area contributed by atoms with Gasteiger partial charge in [0.25, 0.3) is 5.91 Å². The van der Waals surface area contributed by atoms with Gasteiger partial charge in [0.1, 0.15) is 11.5 Å². The highest BCUT2D eigenvalue weighted by Crippen LogP contribution is 2.21. The Labute approximate surface area is 129 Å². The molecule has 0 saturated heterocycles. The summed E-state index contributed by atoms with van der Waals surface area (Å²) in [5, 5.41) is 6.05. The lowest BCUT2D eigenvalue weighted by Crippen LogP contribution is -2.27. The minimum absolute atomic E-state index is 0.0961. The second-order valence-corrected chi connectivity index (χ2v) is 5.12. The van der Waals surface area contributed by atoms with Crippen molar-refractivity contribution in [2.45, 2.75) is 12.8 Å². The maximum absolute atomic E-state index is 12.2. The Morgan fingerprint density at radius 2 is 1.73 bits per heavy atom. The first-order chi connectivity index (χ1) is 10.8. The molecule has 22 heavy (non-hydrogen) atoms. The fourth-order valence-corrected chi connectivity index (χ4v) is 2.26. The first-order valence-electron chi connectivity index (χ1n) is 7.38. The van der Waals surface area contributed by atoms with Crippen LogP contribution in [0.1, 0.15) is 23.2 Å². The minimum atomic E-state index is -0.0961. The van der Waals surface area contributed by atoms with Gasteiger partial charge in [-0.2, -0.15) is 0 Å². The summed E-state index contributed by atoms with van der Waals surface area (Å²) < 4.78 is 5.71. The van der Waals surface area contributed by atoms with Crippen LogP contribution in [0.5, 0.6) is 11.5 Å². The standard InChI is InChI=1S/C18H18N2O2/c21-18(20-15-5-4-12-19-13-15)14-8-10-17(11-9-14)22-16-6-2-1-3-7-16/h1-3,6-11,13,19H,4-5,12H2,(H,20,21). The molecular weight excluding hydrogens is 276 g/mol. The molecule has 0 spiro atoms. The molecule has 4 nitrogen and oxygen atoms in total. The van der Waals surface area contributed by atoms with Gasteiger partial charge in [-0.1, -0.05) is 18.2 Å². The number of carbonyl (C=O) groups is 1. The summed E-state index contributed by atoms with van der Waals surface area (Å²) in [7, 11) is 0. The molecule has 0 aliphatic carbocycles. The average molecular weight is 294 g/mol. The fraction of sp³-hybridized carbons (Fsp3) is 0.167. The van der Waals surface area contributed by atoms with Crippen molar-refractivity contribution in [2.75, 3.05) is 6.54 Å². The van der Waals surface area contributed by atoms with E-state index >= 15 is 0 Å². The van der Waals surface area contributed by atoms with E-state index in [1.807, 2.05) is 36.5 Å². The maximum atomic E-state index is 12.2. The number of para-hydroxylation sites is 1. The molecule has 4 heteroatoms. The fourth-order valence-electron chi connectivity index (χ4n) is 2.26. The summed E-state index contributed by atoms with van der Waals surface area (Å²) in [6, 6.07) is 16.7. The van der Waals surface area contributed by atoms with Crippen molar-refractivity contribution in [3.05, 3.63) is 72.1 Å². The third-order valence-corrected chi connectivity index (χ3v) is 3.41. The summed E-state index contributed by atoms with van der Waals surface area (Å²) in [4.78, 5) is 12.2. The molecule has 2 aromatic carbocycles. The lowest BCUT2D eigenvalue weighted by Gasteiger charge is -2.15. The van der Waals surface area contributed by atoms with Crippen LogP contribution < -0.4 is 15.4 Å². The van der Waals surface area contributed by atoms with Gasteiger partial charge in [0, 0.05) is 24.0 Å². The topological polar surface area (TPSA) is 50.4 Å². The van der Waals surface area contributed by atoms with Crippen molar-refractivity contribution in [2.24, 2.45) is 0 Å². The van der Waals surface area contributed by atoms with Crippen LogP contribution in [0.4, 0.5) is 0 Å². The Hall–Kier alpha value is -2.75. The van der Waals surface area contributed by atoms with E-state index in [9.17, 15) is 4.79 Å². The highest BCUT2D eigenvalue weighted by molar-refractivity contribution is 5.95. The number of nitrogens with one attached hydrogen (secondary N) is 2. The van der Waals surface area contributed by atoms with E-state index in [-0.39, 0.29) is 5.91 Å². The second-order valence-electron chi connectivity index (χ2n) is 5.12. The predicted octanol–water partition coefficient (Wildman–Crippen LogP) is 3.43. The van der Waals surface area contributed by atoms with Crippen LogP contribution in [-0.2, 0) is 0 Å². The van der Waals surface area contributed by atoms with Crippen LogP contribution in [0.15, 0.2) is 66.5 Å². The molecule has 0 atom stereocenters. The largest absolute Gasteiger partial charge is 0.457 e. The highest BCUT2D eigenvalue weighted by atomic mass is 16.5. The molecule has 112 valence electrons. The molecule has 1 amide bonds. The van der Waals surface area contributed by atoms with Crippen molar-refractivity contribution in [1.29, 1.82) is 0 Å². The van der Waals surface area contributed by atoms with Crippen LogP contribution >= 0.6 is 0 Å². The van der Waals surface area contributed by atoms with E-state index in [4.69, 9.17) is 4.74 Å². The van der Waals surface area contributed by atoms with Crippen LogP contribution in [0, 0.1) is 0 Å². The van der Waals surface area contributed by atoms with E-state index in [1.54, 1.807) is 24.3 Å². The number of hydrogen-bond acceptors (Lipinski definition) is 3. The van der Waals surface area contributed by atoms with Crippen LogP contribution in [0.25, 0.3) is 0 Å². The molecule has 0 bridgehead atoms. The Kier molecular flexibility index (Phi) is 4.39. The SMILES string of the molecule is O=C(NC1=CNCCC1)c1ccc(Oc2ccccc2)cc1. The molecule has 0 unspecified atom stereocenters. The summed E-state index contributed by atoms with van der Waals surface area (Å²) in [6.45, 7) is 0.963. The van der Waals surface area contributed by atoms with Gasteiger partial charge in [-0.3, -0.25) is 4.79 Å². The predicted molar refractivity (Wildman–Crippen MR) is 85.7 cm³/mol. The van der Waals surface area contributed by atoms with Crippen molar-refractivity contribution >= 4 is 5.91 Å². The van der Waals surface area contributed by atoms with Gasteiger partial charge in [0.15, 0.2) is 0 Å². The van der Waals surface area contributed by atoms with Gasteiger partial charge in [-0.15, -0.1) is 0 Å². The van der Waals surface area contributed by atoms with E-state index in [0.29, 0.717) is 11.3 Å². The monoisotopic (exact) mass is 294 g/mol. The van der Waals surface area contributed by atoms with Gasteiger partial charge in [0.2, 0.25) is 0 Å². The summed E-state index contributed by atoms with van der Waals surface area (Å²) in [5.74, 6) is 1.39. The zero-order valence-corrected chi connectivity index (χ0v) is 12.2. The molecule has 0 radical (unpaired) electrons. The third-order valence-electron chi connectivity index (χ3n) is 3.41. The van der Waals surface area contributed by atoms with Crippen molar-refractivity contribution in [3.8, 4) is 11.5 Å². The zero-order valence-electron chi connectivity index (χ0n) is 12.2. The lowest BCUT2D eigenvalue weighted by atomic mass is 10.1. The van der Waals surface area contributed by atoms with Crippen molar-refractivity contribution in [3.63, 3.8) is 0 Å². The highest BCUT2D eigenvalue weighted by Gasteiger charge is 2.10. The molecule has 2 N–H and O–H groups in total. The number of benzene rings is 2. The number of hydrogen-bond donors (Lipinski definition) is 2. The van der Waals surface area contributed by atoms with E-state index in [2.05, 4.69) is 10.6 Å². The van der Waals surface area contributed by atoms with Gasteiger partial charge in [-0.25, -0.2) is 0 Å². The number of rotatable bonds is 4. The number of allylic oxidation sites excluding steroid dienone is 1. The quantitative estimate of drug-likeness (QED) is 0.908. The van der Waals surface area contributed by atoms with Crippen molar-refractivity contribution in [1.82, 2.24) is 10.6 Å². The molecular formula is C18H18N2O2. The Bertz CT molecular complexity index is 663. The molecule has 0 aromatic heterocycles. The molecule has 1 aliphatic heterocycles. The Morgan fingerprint density at radius 1 is 1.00 bits per heavy atom. The second kappa shape index (κ2) is 6.80. The first-order valence-corrected chi connectivity index (χ1v) is 7.38. The van der Waals surface area contributed by atoms with E-state index in [0.717, 1.165) is 30.8 Å². The number of amides is 1. The average Bonchev–Trinajstić information content (AvgIpc) is 2.57. The van der Waals surface area contributed by atoms with Crippen LogP contribution in [-0.4, -0.2) is 12.5 Å².